The Morgan fingerprint density at radius 2 is 2.15 bits per heavy atom. The molecule has 0 aliphatic carbocycles. The number of likely N-dealkylation sites (tertiary alicyclic amines) is 1. The summed E-state index contributed by atoms with van der Waals surface area (Å²) in [6.45, 7) is 5.00. The molecule has 2 aliphatic rings. The molecule has 0 bridgehead atoms. The molecule has 0 radical (unpaired) electrons. The van der Waals surface area contributed by atoms with E-state index in [1.807, 2.05) is 0 Å². The van der Waals surface area contributed by atoms with Gasteiger partial charge < -0.3 is 16.0 Å². The minimum absolute atomic E-state index is 0.334. The Labute approximate surface area is 124 Å². The smallest absolute Gasteiger partial charge is 0.118 e. The third-order valence-corrected chi connectivity index (χ3v) is 4.49. The van der Waals surface area contributed by atoms with Crippen LogP contribution < -0.4 is 11.1 Å². The average Bonchev–Trinajstić information content (AvgIpc) is 2.42. The number of nitrogens with one attached hydrogen (secondary N) is 2. The van der Waals surface area contributed by atoms with E-state index in [1.165, 1.54) is 0 Å². The highest BCUT2D eigenvalue weighted by Crippen LogP contribution is 2.46. The van der Waals surface area contributed by atoms with Crippen molar-refractivity contribution in [1.82, 2.24) is 10.2 Å². The largest absolute Gasteiger partial charge is 0.384 e. The van der Waals surface area contributed by atoms with E-state index < -0.39 is 5.41 Å². The van der Waals surface area contributed by atoms with Crippen molar-refractivity contribution in [1.29, 1.82) is 10.7 Å². The Morgan fingerprint density at radius 1 is 1.50 bits per heavy atom. The summed E-state index contributed by atoms with van der Waals surface area (Å²) in [7, 11) is 0. The molecule has 0 atom stereocenters. The first-order chi connectivity index (χ1) is 9.58. The molecule has 2 heterocycles. The van der Waals surface area contributed by atoms with Gasteiger partial charge in [0.05, 0.1) is 17.2 Å². The van der Waals surface area contributed by atoms with Gasteiger partial charge in [0.1, 0.15) is 10.8 Å². The highest BCUT2D eigenvalue weighted by Gasteiger charge is 2.47. The van der Waals surface area contributed by atoms with Crippen LogP contribution in [0.1, 0.15) is 26.2 Å². The van der Waals surface area contributed by atoms with E-state index in [0.717, 1.165) is 38.9 Å². The molecule has 1 spiro atoms. The molecular weight excluding hydrogens is 270 g/mol. The minimum Gasteiger partial charge on any atom is -0.384 e. The topological polar surface area (TPSA) is 88.9 Å². The van der Waals surface area contributed by atoms with Crippen LogP contribution in [0, 0.1) is 22.2 Å². The van der Waals surface area contributed by atoms with Crippen molar-refractivity contribution in [3.05, 3.63) is 17.0 Å². The Hall–Kier alpha value is -1.67. The van der Waals surface area contributed by atoms with Crippen LogP contribution in [0.25, 0.3) is 0 Å². The predicted molar refractivity (Wildman–Crippen MR) is 82.2 cm³/mol. The maximum absolute atomic E-state index is 9.46. The second-order valence-corrected chi connectivity index (χ2v) is 5.69. The van der Waals surface area contributed by atoms with E-state index in [9.17, 15) is 5.26 Å². The van der Waals surface area contributed by atoms with Crippen LogP contribution in [0.15, 0.2) is 17.0 Å². The summed E-state index contributed by atoms with van der Waals surface area (Å²) in [6.07, 6.45) is 2.64. The van der Waals surface area contributed by atoms with Crippen LogP contribution in [-0.4, -0.2) is 35.4 Å². The van der Waals surface area contributed by atoms with Crippen molar-refractivity contribution in [2.75, 3.05) is 19.6 Å². The summed E-state index contributed by atoms with van der Waals surface area (Å²) >= 11 is 5.27. The summed E-state index contributed by atoms with van der Waals surface area (Å²) in [5.74, 6) is 2.78. The maximum atomic E-state index is 9.46. The number of nitrogens with two attached hydrogens (primary N) is 1. The van der Waals surface area contributed by atoms with E-state index in [0.29, 0.717) is 22.0 Å². The molecule has 4 N–H and O–H groups in total. The van der Waals surface area contributed by atoms with Crippen molar-refractivity contribution in [2.24, 2.45) is 11.1 Å². The molecule has 106 valence electrons. The van der Waals surface area contributed by atoms with Gasteiger partial charge in [0.25, 0.3) is 0 Å². The Morgan fingerprint density at radius 3 is 2.65 bits per heavy atom. The normalized spacial score (nSPS) is 22.4. The summed E-state index contributed by atoms with van der Waals surface area (Å²) < 4.78 is 0. The first-order valence-corrected chi connectivity index (χ1v) is 7.24. The summed E-state index contributed by atoms with van der Waals surface area (Å²) in [6, 6.07) is 2.22. The van der Waals surface area contributed by atoms with Crippen molar-refractivity contribution in [3.8, 4) is 6.07 Å². The van der Waals surface area contributed by atoms with Gasteiger partial charge in [-0.15, -0.1) is 0 Å². The van der Waals surface area contributed by atoms with Crippen LogP contribution in [0.2, 0.25) is 0 Å². The van der Waals surface area contributed by atoms with Gasteiger partial charge in [-0.05, 0) is 44.8 Å². The quantitative estimate of drug-likeness (QED) is 0.405. The van der Waals surface area contributed by atoms with Crippen molar-refractivity contribution in [2.45, 2.75) is 26.2 Å². The van der Waals surface area contributed by atoms with Crippen LogP contribution in [0.5, 0.6) is 0 Å². The lowest BCUT2D eigenvalue weighted by Crippen LogP contribution is -2.50. The minimum atomic E-state index is -0.521. The molecule has 0 aromatic carbocycles. The van der Waals surface area contributed by atoms with Gasteiger partial charge in [-0.1, -0.05) is 19.1 Å². The van der Waals surface area contributed by atoms with Gasteiger partial charge in [-0.2, -0.15) is 5.26 Å². The fourth-order valence-electron chi connectivity index (χ4n) is 3.17. The number of allylic oxidation sites excluding steroid dienone is 1. The number of thiocarbonyl (C=S) groups is 1. The molecule has 1 fully saturated rings. The first-order valence-electron chi connectivity index (χ1n) is 6.83. The number of piperidine rings is 1. The third kappa shape index (κ3) is 2.25. The fraction of sp³-hybridized carbons (Fsp3) is 0.571. The Balaban J connectivity index is 2.40. The monoisotopic (exact) mass is 289 g/mol. The van der Waals surface area contributed by atoms with E-state index in [2.05, 4.69) is 29.1 Å². The first kappa shape index (κ1) is 14.7. The molecule has 1 saturated heterocycles. The molecule has 2 aliphatic heterocycles. The summed E-state index contributed by atoms with van der Waals surface area (Å²) in [5, 5.41) is 19.8. The third-order valence-electron chi connectivity index (χ3n) is 4.19. The van der Waals surface area contributed by atoms with E-state index in [1.54, 1.807) is 0 Å². The Bertz CT molecular complexity index is 542. The van der Waals surface area contributed by atoms with E-state index >= 15 is 0 Å². The number of hydrogen-bond acceptors (Lipinski definition) is 5. The SMILES string of the molecule is CCCN1CCC2(CC1)C(=C=N)C(=S)NC(N)=C2C#N. The zero-order valence-corrected chi connectivity index (χ0v) is 12.4. The molecule has 0 amide bonds. The van der Waals surface area contributed by atoms with Gasteiger partial charge in [0, 0.05) is 5.41 Å². The lowest BCUT2D eigenvalue weighted by molar-refractivity contribution is 0.160. The molecule has 2 rings (SSSR count). The van der Waals surface area contributed by atoms with Crippen LogP contribution in [-0.2, 0) is 0 Å². The van der Waals surface area contributed by atoms with Gasteiger partial charge in [-0.25, -0.2) is 0 Å². The Kier molecular flexibility index (Phi) is 4.24. The molecule has 5 nitrogen and oxygen atoms in total. The lowest BCUT2D eigenvalue weighted by Gasteiger charge is -2.44. The zero-order chi connectivity index (χ0) is 14.8. The van der Waals surface area contributed by atoms with Crippen molar-refractivity contribution < 1.29 is 0 Å². The lowest BCUT2D eigenvalue weighted by atomic mass is 9.66. The second-order valence-electron chi connectivity index (χ2n) is 5.28. The molecular formula is C14H19N5S. The predicted octanol–water partition coefficient (Wildman–Crippen LogP) is 1.28. The molecule has 0 saturated carbocycles. The van der Waals surface area contributed by atoms with Crippen molar-refractivity contribution in [3.63, 3.8) is 0 Å². The number of rotatable bonds is 2. The zero-order valence-electron chi connectivity index (χ0n) is 11.6. The highest BCUT2D eigenvalue weighted by atomic mass is 32.1. The average molecular weight is 289 g/mol. The second kappa shape index (κ2) is 5.76. The van der Waals surface area contributed by atoms with Gasteiger partial charge in [0.15, 0.2) is 0 Å². The van der Waals surface area contributed by atoms with Crippen LogP contribution >= 0.6 is 12.2 Å². The molecule has 20 heavy (non-hydrogen) atoms. The molecule has 0 aromatic rings. The van der Waals surface area contributed by atoms with Gasteiger partial charge in [-0.3, -0.25) is 5.41 Å². The van der Waals surface area contributed by atoms with E-state index in [-0.39, 0.29) is 0 Å². The van der Waals surface area contributed by atoms with Gasteiger partial charge >= 0.3 is 0 Å². The highest BCUT2D eigenvalue weighted by molar-refractivity contribution is 7.80. The number of nitrogens with zero attached hydrogens (tertiary/aromatic N) is 2. The summed E-state index contributed by atoms with van der Waals surface area (Å²) in [5.41, 5.74) is 6.53. The molecule has 0 aromatic heterocycles. The van der Waals surface area contributed by atoms with Crippen molar-refractivity contribution >= 4 is 23.1 Å². The van der Waals surface area contributed by atoms with Crippen LogP contribution in [0.3, 0.4) is 0 Å². The van der Waals surface area contributed by atoms with Crippen LogP contribution in [0.4, 0.5) is 0 Å². The maximum Gasteiger partial charge on any atom is 0.118 e. The summed E-state index contributed by atoms with van der Waals surface area (Å²) in [4.78, 5) is 2.81. The van der Waals surface area contributed by atoms with E-state index in [4.69, 9.17) is 23.4 Å². The fourth-order valence-corrected chi connectivity index (χ4v) is 3.52. The molecule has 6 heteroatoms. The molecule has 0 unspecified atom stereocenters. The standard InChI is InChI=1S/C14H19N5S/c1-2-5-19-6-3-14(4-7-19)10(8-15)12(17)18-13(20)11(14)9-16/h16H,2-7,17H2,1H3,(H,18,20). The number of nitriles is 1. The van der Waals surface area contributed by atoms with Gasteiger partial charge in [0.2, 0.25) is 0 Å². The number of hydrogen-bond donors (Lipinski definition) is 3.